The van der Waals surface area contributed by atoms with Crippen molar-refractivity contribution in [2.45, 2.75) is 33.6 Å². The summed E-state index contributed by atoms with van der Waals surface area (Å²) in [6, 6.07) is 5.22. The second kappa shape index (κ2) is 9.11. The van der Waals surface area contributed by atoms with Crippen LogP contribution in [0.3, 0.4) is 0 Å². The molecule has 4 rings (SSSR count). The Hall–Kier alpha value is -2.97. The molecular formula is C24H27ClFN5O2. The maximum Gasteiger partial charge on any atom is 0.232 e. The van der Waals surface area contributed by atoms with Crippen LogP contribution in [0.2, 0.25) is 5.02 Å². The van der Waals surface area contributed by atoms with Gasteiger partial charge in [0.25, 0.3) is 0 Å². The van der Waals surface area contributed by atoms with E-state index in [0.717, 1.165) is 16.5 Å². The molecule has 1 N–H and O–H groups in total. The van der Waals surface area contributed by atoms with Gasteiger partial charge in [-0.25, -0.2) is 19.4 Å². The first-order valence-corrected chi connectivity index (χ1v) is 11.2. The predicted octanol–water partition coefficient (Wildman–Crippen LogP) is 4.93. The summed E-state index contributed by atoms with van der Waals surface area (Å²) >= 11 is 6.58. The molecule has 0 aliphatic carbocycles. The van der Waals surface area contributed by atoms with Gasteiger partial charge in [-0.2, -0.15) is 5.10 Å². The van der Waals surface area contributed by atoms with Crippen LogP contribution < -0.4 is 9.75 Å². The number of anilines is 1. The van der Waals surface area contributed by atoms with Crippen molar-refractivity contribution >= 4 is 34.0 Å². The number of hydrazone groups is 1. The fourth-order valence-corrected chi connectivity index (χ4v) is 4.47. The van der Waals surface area contributed by atoms with Gasteiger partial charge in [-0.1, -0.05) is 25.4 Å². The van der Waals surface area contributed by atoms with Crippen LogP contribution in [-0.4, -0.2) is 52.7 Å². The van der Waals surface area contributed by atoms with Gasteiger partial charge in [0, 0.05) is 29.8 Å². The van der Waals surface area contributed by atoms with Gasteiger partial charge >= 0.3 is 0 Å². The molecule has 0 spiro atoms. The van der Waals surface area contributed by atoms with Gasteiger partial charge in [-0.05, 0) is 43.0 Å². The zero-order chi connectivity index (χ0) is 23.9. The van der Waals surface area contributed by atoms with E-state index in [1.807, 2.05) is 24.8 Å². The maximum atomic E-state index is 15.3. The molecule has 7 nitrogen and oxygen atoms in total. The molecule has 33 heavy (non-hydrogen) atoms. The normalized spacial score (nSPS) is 13.9. The molecule has 0 unspecified atom stereocenters. The summed E-state index contributed by atoms with van der Waals surface area (Å²) in [4.78, 5) is 10.9. The van der Waals surface area contributed by atoms with Crippen molar-refractivity contribution in [2.75, 3.05) is 31.9 Å². The first kappa shape index (κ1) is 23.2. The quantitative estimate of drug-likeness (QED) is 0.549. The first-order valence-electron chi connectivity index (χ1n) is 10.8. The number of aryl methyl sites for hydroxylation is 1. The number of rotatable bonds is 6. The average Bonchev–Trinajstić information content (AvgIpc) is 3.21. The minimum Gasteiger partial charge on any atom is -0.480 e. The summed E-state index contributed by atoms with van der Waals surface area (Å²) in [7, 11) is 1.51. The number of benzene rings is 1. The third-order valence-electron chi connectivity index (χ3n) is 5.86. The third kappa shape index (κ3) is 4.09. The van der Waals surface area contributed by atoms with Gasteiger partial charge in [-0.15, -0.1) is 0 Å². The number of aliphatic hydroxyl groups excluding tert-OH is 1. The van der Waals surface area contributed by atoms with E-state index in [4.69, 9.17) is 21.3 Å². The highest BCUT2D eigenvalue weighted by Crippen LogP contribution is 2.39. The topological polar surface area (TPSA) is 74.1 Å². The van der Waals surface area contributed by atoms with E-state index in [0.29, 0.717) is 52.4 Å². The predicted molar refractivity (Wildman–Crippen MR) is 130 cm³/mol. The Labute approximate surface area is 197 Å². The van der Waals surface area contributed by atoms with E-state index in [1.165, 1.54) is 13.2 Å². The molecule has 3 aromatic rings. The van der Waals surface area contributed by atoms with E-state index in [9.17, 15) is 5.11 Å². The minimum atomic E-state index is -0.434. The van der Waals surface area contributed by atoms with Crippen LogP contribution in [0.1, 0.15) is 37.8 Å². The number of aliphatic hydroxyl groups is 1. The van der Waals surface area contributed by atoms with E-state index in [2.05, 4.69) is 23.9 Å². The Bertz CT molecular complexity index is 1250. The molecule has 1 aliphatic heterocycles. The summed E-state index contributed by atoms with van der Waals surface area (Å²) < 4.78 is 20.6. The molecule has 174 valence electrons. The van der Waals surface area contributed by atoms with Gasteiger partial charge in [0.1, 0.15) is 18.3 Å². The number of hydrogen-bond acceptors (Lipinski definition) is 7. The highest BCUT2D eigenvalue weighted by atomic mass is 35.5. The molecule has 2 aromatic heterocycles. The highest BCUT2D eigenvalue weighted by Gasteiger charge is 2.25. The number of aromatic nitrogens is 2. The fourth-order valence-electron chi connectivity index (χ4n) is 4.10. The van der Waals surface area contributed by atoms with Crippen LogP contribution in [0.4, 0.5) is 10.1 Å². The highest BCUT2D eigenvalue weighted by molar-refractivity contribution is 6.34. The molecular weight excluding hydrogens is 445 g/mol. The zero-order valence-corrected chi connectivity index (χ0v) is 20.1. The molecule has 0 atom stereocenters. The van der Waals surface area contributed by atoms with Gasteiger partial charge < -0.3 is 14.7 Å². The van der Waals surface area contributed by atoms with Crippen molar-refractivity contribution < 1.29 is 14.2 Å². The van der Waals surface area contributed by atoms with Gasteiger partial charge in [0.15, 0.2) is 11.7 Å². The zero-order valence-electron chi connectivity index (χ0n) is 19.4. The van der Waals surface area contributed by atoms with Crippen molar-refractivity contribution in [3.63, 3.8) is 0 Å². The number of ether oxygens (including phenoxy) is 1. The number of pyridine rings is 2. The van der Waals surface area contributed by atoms with Crippen LogP contribution in [0.5, 0.6) is 5.88 Å². The molecule has 0 bridgehead atoms. The summed E-state index contributed by atoms with van der Waals surface area (Å²) in [5.41, 5.74) is 4.09. The van der Waals surface area contributed by atoms with E-state index >= 15 is 4.39 Å². The summed E-state index contributed by atoms with van der Waals surface area (Å²) in [6.45, 7) is 8.89. The molecule has 0 fully saturated rings. The number of fused-ring (bicyclic) bond motifs is 1. The lowest BCUT2D eigenvalue weighted by Gasteiger charge is -2.21. The SMILES string of the molecule is CCN1CN(c2cc3c(C(C)C)cc(-c4c(C)cnc(OC)c4Cl)nc3cc2F)N=C1CO. The molecule has 9 heteroatoms. The number of amidine groups is 1. The first-order chi connectivity index (χ1) is 15.8. The molecule has 1 aromatic carbocycles. The monoisotopic (exact) mass is 471 g/mol. The standard InChI is InChI=1S/C24H27ClFN5O2/c1-6-30-12-31(29-21(30)11-32)20-8-16-15(13(2)3)7-19(28-18(16)9-17(20)26)22-14(4)10-27-24(33-5)23(22)25/h7-10,13,32H,6,11-12H2,1-5H3. The third-order valence-corrected chi connectivity index (χ3v) is 6.22. The smallest absolute Gasteiger partial charge is 0.232 e. The molecule has 1 aliphatic rings. The van der Waals surface area contributed by atoms with E-state index in [1.54, 1.807) is 17.3 Å². The molecule has 0 radical (unpaired) electrons. The van der Waals surface area contributed by atoms with Crippen LogP contribution in [0, 0.1) is 12.7 Å². The van der Waals surface area contributed by atoms with E-state index in [-0.39, 0.29) is 12.5 Å². The van der Waals surface area contributed by atoms with Gasteiger partial charge in [0.05, 0.1) is 24.0 Å². The largest absolute Gasteiger partial charge is 0.480 e. The Morgan fingerprint density at radius 1 is 1.27 bits per heavy atom. The van der Waals surface area contributed by atoms with Crippen LogP contribution >= 0.6 is 11.6 Å². The summed E-state index contributed by atoms with van der Waals surface area (Å²) in [5.74, 6) is 0.554. The van der Waals surface area contributed by atoms with E-state index < -0.39 is 5.82 Å². The van der Waals surface area contributed by atoms with Crippen molar-refractivity contribution in [3.8, 4) is 17.1 Å². The summed E-state index contributed by atoms with van der Waals surface area (Å²) in [5, 5.41) is 16.8. The second-order valence-corrected chi connectivity index (χ2v) is 8.66. The Kier molecular flexibility index (Phi) is 6.41. The second-order valence-electron chi connectivity index (χ2n) is 8.28. The number of hydrogen-bond donors (Lipinski definition) is 1. The van der Waals surface area contributed by atoms with Gasteiger partial charge in [0.2, 0.25) is 5.88 Å². The van der Waals surface area contributed by atoms with Crippen molar-refractivity contribution in [3.05, 3.63) is 46.4 Å². The Morgan fingerprint density at radius 3 is 2.64 bits per heavy atom. The van der Waals surface area contributed by atoms with Crippen molar-refractivity contribution in [2.24, 2.45) is 5.10 Å². The lowest BCUT2D eigenvalue weighted by molar-refractivity contribution is 0.332. The number of likely N-dealkylation sites (N-methyl/N-ethyl adjacent to an activating group) is 1. The van der Waals surface area contributed by atoms with Crippen LogP contribution in [0.15, 0.2) is 29.5 Å². The molecule has 0 amide bonds. The lowest BCUT2D eigenvalue weighted by Crippen LogP contribution is -2.32. The number of halogens is 2. The van der Waals surface area contributed by atoms with Crippen molar-refractivity contribution in [1.82, 2.24) is 14.9 Å². The van der Waals surface area contributed by atoms with Crippen LogP contribution in [0.25, 0.3) is 22.2 Å². The summed E-state index contributed by atoms with van der Waals surface area (Å²) in [6.07, 6.45) is 1.69. The Morgan fingerprint density at radius 2 is 2.03 bits per heavy atom. The van der Waals surface area contributed by atoms with Crippen LogP contribution in [-0.2, 0) is 0 Å². The fraction of sp³-hybridized carbons (Fsp3) is 0.375. The maximum absolute atomic E-state index is 15.3. The minimum absolute atomic E-state index is 0.151. The number of methoxy groups -OCH3 is 1. The lowest BCUT2D eigenvalue weighted by atomic mass is 9.95. The van der Waals surface area contributed by atoms with Gasteiger partial charge in [-0.3, -0.25) is 0 Å². The molecule has 0 saturated carbocycles. The molecule has 0 saturated heterocycles. The molecule has 3 heterocycles. The van der Waals surface area contributed by atoms with Crippen molar-refractivity contribution in [1.29, 1.82) is 0 Å². The Balaban J connectivity index is 1.90. The average molecular weight is 472 g/mol. The number of nitrogens with zero attached hydrogens (tertiary/aromatic N) is 5.